The second-order valence-corrected chi connectivity index (χ2v) is 5.57. The van der Waals surface area contributed by atoms with Crippen molar-refractivity contribution in [3.8, 4) is 22.8 Å². The number of hydrogen-bond acceptors (Lipinski definition) is 5. The molecule has 110 valence electrons. The van der Waals surface area contributed by atoms with E-state index in [1.165, 1.54) is 17.4 Å². The molecule has 0 aliphatic carbocycles. The average Bonchev–Trinajstić information content (AvgIpc) is 3.16. The number of nitrogens with one attached hydrogen (secondary N) is 1. The number of ether oxygens (including phenoxy) is 2. The van der Waals surface area contributed by atoms with Gasteiger partial charge < -0.3 is 14.8 Å². The molecule has 6 heteroatoms. The van der Waals surface area contributed by atoms with Crippen LogP contribution in [0.15, 0.2) is 47.8 Å². The third kappa shape index (κ3) is 2.37. The van der Waals surface area contributed by atoms with Crippen molar-refractivity contribution in [1.82, 2.24) is 4.98 Å². The van der Waals surface area contributed by atoms with Crippen molar-refractivity contribution in [2.24, 2.45) is 0 Å². The van der Waals surface area contributed by atoms with Gasteiger partial charge in [-0.3, -0.25) is 0 Å². The number of halogens is 1. The Morgan fingerprint density at radius 1 is 1.09 bits per heavy atom. The number of thiazole rings is 1. The number of rotatable bonds is 3. The fourth-order valence-corrected chi connectivity index (χ4v) is 2.95. The molecule has 4 nitrogen and oxygen atoms in total. The Kier molecular flexibility index (Phi) is 3.16. The molecule has 1 aromatic heterocycles. The van der Waals surface area contributed by atoms with E-state index >= 15 is 0 Å². The van der Waals surface area contributed by atoms with Crippen LogP contribution in [-0.4, -0.2) is 11.8 Å². The number of hydrogen-bond donors (Lipinski definition) is 1. The van der Waals surface area contributed by atoms with Gasteiger partial charge in [-0.1, -0.05) is 12.1 Å². The standard InChI is InChI=1S/C16H11FN2O2S/c17-12-4-2-1-3-11(12)13-8-22-16(19-13)18-10-5-6-14-15(7-10)21-9-20-14/h1-8H,9H2,(H,18,19). The van der Waals surface area contributed by atoms with Crippen LogP contribution in [0.1, 0.15) is 0 Å². The van der Waals surface area contributed by atoms with Crippen LogP contribution in [0.3, 0.4) is 0 Å². The molecule has 0 bridgehead atoms. The number of benzene rings is 2. The van der Waals surface area contributed by atoms with Gasteiger partial charge in [0.05, 0.1) is 5.69 Å². The van der Waals surface area contributed by atoms with Crippen LogP contribution in [0.2, 0.25) is 0 Å². The Bertz CT molecular complexity index is 835. The van der Waals surface area contributed by atoms with Crippen molar-refractivity contribution >= 4 is 22.2 Å². The lowest BCUT2D eigenvalue weighted by Crippen LogP contribution is -1.93. The summed E-state index contributed by atoms with van der Waals surface area (Å²) in [6, 6.07) is 12.2. The molecule has 3 aromatic rings. The van der Waals surface area contributed by atoms with Crippen LogP contribution in [0.5, 0.6) is 11.5 Å². The van der Waals surface area contributed by atoms with Gasteiger partial charge in [-0.15, -0.1) is 11.3 Å². The molecule has 0 amide bonds. The van der Waals surface area contributed by atoms with E-state index in [0.717, 1.165) is 11.4 Å². The highest BCUT2D eigenvalue weighted by atomic mass is 32.1. The largest absolute Gasteiger partial charge is 0.454 e. The van der Waals surface area contributed by atoms with Crippen LogP contribution < -0.4 is 14.8 Å². The Hall–Kier alpha value is -2.60. The molecular weight excluding hydrogens is 303 g/mol. The molecule has 0 radical (unpaired) electrons. The molecule has 0 saturated heterocycles. The predicted octanol–water partition coefficient (Wildman–Crippen LogP) is 4.42. The van der Waals surface area contributed by atoms with E-state index in [1.54, 1.807) is 18.2 Å². The SMILES string of the molecule is Fc1ccccc1-c1csc(Nc2ccc3c(c2)OCO3)n1. The third-order valence-corrected chi connectivity index (χ3v) is 4.04. The van der Waals surface area contributed by atoms with Gasteiger partial charge in [0.2, 0.25) is 6.79 Å². The summed E-state index contributed by atoms with van der Waals surface area (Å²) in [5.74, 6) is 1.16. The van der Waals surface area contributed by atoms with E-state index in [0.29, 0.717) is 22.1 Å². The Labute approximate surface area is 130 Å². The predicted molar refractivity (Wildman–Crippen MR) is 83.4 cm³/mol. The van der Waals surface area contributed by atoms with E-state index in [4.69, 9.17) is 9.47 Å². The second kappa shape index (κ2) is 5.31. The maximum absolute atomic E-state index is 13.8. The fourth-order valence-electron chi connectivity index (χ4n) is 2.22. The molecule has 0 spiro atoms. The lowest BCUT2D eigenvalue weighted by molar-refractivity contribution is 0.174. The molecule has 22 heavy (non-hydrogen) atoms. The summed E-state index contributed by atoms with van der Waals surface area (Å²) in [6.45, 7) is 0.244. The minimum atomic E-state index is -0.276. The minimum Gasteiger partial charge on any atom is -0.454 e. The van der Waals surface area contributed by atoms with Crippen molar-refractivity contribution in [3.05, 3.63) is 53.7 Å². The number of aromatic nitrogens is 1. The molecule has 0 fully saturated rings. The van der Waals surface area contributed by atoms with Crippen LogP contribution in [0.25, 0.3) is 11.3 Å². The van der Waals surface area contributed by atoms with Crippen molar-refractivity contribution in [2.75, 3.05) is 12.1 Å². The van der Waals surface area contributed by atoms with Gasteiger partial charge in [0.15, 0.2) is 16.6 Å². The van der Waals surface area contributed by atoms with Crippen LogP contribution in [0.4, 0.5) is 15.2 Å². The summed E-state index contributed by atoms with van der Waals surface area (Å²) in [7, 11) is 0. The average molecular weight is 314 g/mol. The van der Waals surface area contributed by atoms with Crippen LogP contribution in [-0.2, 0) is 0 Å². The van der Waals surface area contributed by atoms with Crippen molar-refractivity contribution in [3.63, 3.8) is 0 Å². The van der Waals surface area contributed by atoms with E-state index < -0.39 is 0 Å². The van der Waals surface area contributed by atoms with Gasteiger partial charge >= 0.3 is 0 Å². The zero-order valence-corrected chi connectivity index (χ0v) is 12.2. The summed E-state index contributed by atoms with van der Waals surface area (Å²) in [5, 5.41) is 5.71. The van der Waals surface area contributed by atoms with E-state index in [-0.39, 0.29) is 12.6 Å². The molecule has 2 heterocycles. The Morgan fingerprint density at radius 2 is 1.95 bits per heavy atom. The molecule has 0 atom stereocenters. The van der Waals surface area contributed by atoms with E-state index in [9.17, 15) is 4.39 Å². The lowest BCUT2D eigenvalue weighted by atomic mass is 10.2. The molecule has 1 N–H and O–H groups in total. The zero-order chi connectivity index (χ0) is 14.9. The first kappa shape index (κ1) is 13.1. The Morgan fingerprint density at radius 3 is 2.86 bits per heavy atom. The summed E-state index contributed by atoms with van der Waals surface area (Å²) < 4.78 is 24.4. The number of anilines is 2. The van der Waals surface area contributed by atoms with Gasteiger partial charge in [0.25, 0.3) is 0 Å². The van der Waals surface area contributed by atoms with Crippen molar-refractivity contribution in [2.45, 2.75) is 0 Å². The minimum absolute atomic E-state index is 0.244. The second-order valence-electron chi connectivity index (χ2n) is 4.71. The first-order valence-electron chi connectivity index (χ1n) is 6.67. The van der Waals surface area contributed by atoms with Gasteiger partial charge in [0.1, 0.15) is 5.82 Å². The summed E-state index contributed by atoms with van der Waals surface area (Å²) >= 11 is 1.42. The molecule has 4 rings (SSSR count). The third-order valence-electron chi connectivity index (χ3n) is 3.28. The van der Waals surface area contributed by atoms with Gasteiger partial charge in [-0.25, -0.2) is 9.37 Å². The summed E-state index contributed by atoms with van der Waals surface area (Å²) in [5.41, 5.74) is 1.96. The molecule has 1 aliphatic rings. The smallest absolute Gasteiger partial charge is 0.231 e. The normalized spacial score (nSPS) is 12.4. The summed E-state index contributed by atoms with van der Waals surface area (Å²) in [4.78, 5) is 4.43. The maximum atomic E-state index is 13.8. The highest BCUT2D eigenvalue weighted by Gasteiger charge is 2.14. The van der Waals surface area contributed by atoms with Gasteiger partial charge in [0, 0.05) is 22.7 Å². The highest BCUT2D eigenvalue weighted by molar-refractivity contribution is 7.14. The Balaban J connectivity index is 1.59. The highest BCUT2D eigenvalue weighted by Crippen LogP contribution is 2.36. The quantitative estimate of drug-likeness (QED) is 0.777. The van der Waals surface area contributed by atoms with Gasteiger partial charge in [-0.2, -0.15) is 0 Å². The topological polar surface area (TPSA) is 43.4 Å². The van der Waals surface area contributed by atoms with E-state index in [2.05, 4.69) is 10.3 Å². The van der Waals surface area contributed by atoms with Gasteiger partial charge in [-0.05, 0) is 24.3 Å². The molecule has 0 unspecified atom stereocenters. The lowest BCUT2D eigenvalue weighted by Gasteiger charge is -2.03. The fraction of sp³-hybridized carbons (Fsp3) is 0.0625. The van der Waals surface area contributed by atoms with Crippen LogP contribution in [0, 0.1) is 5.82 Å². The first-order valence-corrected chi connectivity index (χ1v) is 7.55. The maximum Gasteiger partial charge on any atom is 0.231 e. The summed E-state index contributed by atoms with van der Waals surface area (Å²) in [6.07, 6.45) is 0. The van der Waals surface area contributed by atoms with Crippen LogP contribution >= 0.6 is 11.3 Å². The molecule has 1 aliphatic heterocycles. The molecule has 2 aromatic carbocycles. The molecule has 0 saturated carbocycles. The zero-order valence-electron chi connectivity index (χ0n) is 11.4. The number of fused-ring (bicyclic) bond motifs is 1. The van der Waals surface area contributed by atoms with Crippen molar-refractivity contribution < 1.29 is 13.9 Å². The van der Waals surface area contributed by atoms with E-state index in [1.807, 2.05) is 23.6 Å². The van der Waals surface area contributed by atoms with Crippen molar-refractivity contribution in [1.29, 1.82) is 0 Å². The number of nitrogens with zero attached hydrogens (tertiary/aromatic N) is 1. The monoisotopic (exact) mass is 314 g/mol. The first-order chi connectivity index (χ1) is 10.8. The molecular formula is C16H11FN2O2S.